The predicted octanol–water partition coefficient (Wildman–Crippen LogP) is 1.37. The average Bonchev–Trinajstić information content (AvgIpc) is 2.87. The smallest absolute Gasteiger partial charge is 0.335 e. The number of hydrogen-bond acceptors (Lipinski definition) is 8. The van der Waals surface area contributed by atoms with Crippen LogP contribution >= 0.6 is 0 Å². The molecule has 0 atom stereocenters. The predicted molar refractivity (Wildman–Crippen MR) is 153 cm³/mol. The number of nitrogens with zero attached hydrogens (tertiary/aromatic N) is 1. The number of carbonyl (C=O) groups is 6. The first-order valence-corrected chi connectivity index (χ1v) is 10.4. The molecular formula is C24H15N3Na4O12. The first-order valence-electron chi connectivity index (χ1n) is 10.4. The maximum atomic E-state index is 12.8. The number of nitrogens with one attached hydrogen (secondary N) is 2. The van der Waals surface area contributed by atoms with Crippen LogP contribution in [0.2, 0.25) is 0 Å². The molecule has 0 saturated carbocycles. The summed E-state index contributed by atoms with van der Waals surface area (Å²) in [6.45, 7) is 0. The molecular weight excluding hydrogens is 614 g/mol. The third kappa shape index (κ3) is 11.7. The number of carboxylic acids is 4. The van der Waals surface area contributed by atoms with Gasteiger partial charge >= 0.3 is 23.9 Å². The summed E-state index contributed by atoms with van der Waals surface area (Å²) in [4.78, 5) is 81.4. The van der Waals surface area contributed by atoms with Gasteiger partial charge in [-0.1, -0.05) is 0 Å². The number of carboxylic acid groups (broad SMARTS) is 4. The Bertz CT molecular complexity index is 1440. The summed E-state index contributed by atoms with van der Waals surface area (Å²) in [6, 6.07) is 8.05. The fourth-order valence-electron chi connectivity index (χ4n) is 3.28. The molecule has 43 heavy (non-hydrogen) atoms. The van der Waals surface area contributed by atoms with Gasteiger partial charge in [0, 0.05) is 153 Å². The summed E-state index contributed by atoms with van der Waals surface area (Å²) in [5.74, 6) is -8.07. The molecule has 4 radical (unpaired) electrons. The molecule has 15 nitrogen and oxygen atoms in total. The van der Waals surface area contributed by atoms with Crippen molar-refractivity contribution in [1.82, 2.24) is 0 Å². The monoisotopic (exact) mass is 629 g/mol. The topological polar surface area (TPSA) is 251 Å². The van der Waals surface area contributed by atoms with E-state index in [4.69, 9.17) is 0 Å². The van der Waals surface area contributed by atoms with E-state index in [2.05, 4.69) is 10.6 Å². The molecule has 6 N–H and O–H groups in total. The minimum atomic E-state index is -1.49. The van der Waals surface area contributed by atoms with Gasteiger partial charge in [-0.3, -0.25) is 19.7 Å². The maximum Gasteiger partial charge on any atom is 0.335 e. The molecule has 0 aliphatic carbocycles. The summed E-state index contributed by atoms with van der Waals surface area (Å²) < 4.78 is 0. The number of non-ortho nitro benzene ring substituents is 1. The largest absolute Gasteiger partial charge is 0.478 e. The van der Waals surface area contributed by atoms with Crippen LogP contribution in [0.15, 0.2) is 54.6 Å². The van der Waals surface area contributed by atoms with E-state index in [0.29, 0.717) is 0 Å². The summed E-state index contributed by atoms with van der Waals surface area (Å²) >= 11 is 0. The van der Waals surface area contributed by atoms with Gasteiger partial charge in [-0.25, -0.2) is 19.2 Å². The molecule has 0 spiro atoms. The fraction of sp³-hybridized carbons (Fsp3) is 0. The number of rotatable bonds is 9. The molecule has 0 aliphatic rings. The summed E-state index contributed by atoms with van der Waals surface area (Å²) in [5, 5.41) is 52.6. The molecule has 3 aromatic carbocycles. The van der Waals surface area contributed by atoms with Crippen LogP contribution in [0.25, 0.3) is 0 Å². The van der Waals surface area contributed by atoms with Crippen LogP contribution in [-0.2, 0) is 0 Å². The van der Waals surface area contributed by atoms with Crippen molar-refractivity contribution >= 4 is 171 Å². The Morgan fingerprint density at radius 2 is 0.744 bits per heavy atom. The Kier molecular flexibility index (Phi) is 18.6. The van der Waals surface area contributed by atoms with Crippen molar-refractivity contribution in [3.63, 3.8) is 0 Å². The Morgan fingerprint density at radius 1 is 0.488 bits per heavy atom. The van der Waals surface area contributed by atoms with Crippen LogP contribution in [0.4, 0.5) is 17.1 Å². The van der Waals surface area contributed by atoms with Crippen LogP contribution in [0, 0.1) is 10.1 Å². The van der Waals surface area contributed by atoms with Crippen molar-refractivity contribution in [1.29, 1.82) is 0 Å². The third-order valence-corrected chi connectivity index (χ3v) is 5.02. The van der Waals surface area contributed by atoms with Gasteiger partial charge in [0.25, 0.3) is 17.5 Å². The Balaban J connectivity index is 0. The minimum Gasteiger partial charge on any atom is -0.478 e. The van der Waals surface area contributed by atoms with Crippen LogP contribution in [-0.4, -0.2) is 179 Å². The van der Waals surface area contributed by atoms with Crippen molar-refractivity contribution < 1.29 is 54.1 Å². The number of hydrogen-bond donors (Lipinski definition) is 6. The van der Waals surface area contributed by atoms with E-state index in [1.54, 1.807) is 0 Å². The molecule has 0 bridgehead atoms. The van der Waals surface area contributed by atoms with Gasteiger partial charge in [0.05, 0.1) is 27.2 Å². The van der Waals surface area contributed by atoms with E-state index in [9.17, 15) is 59.3 Å². The summed E-state index contributed by atoms with van der Waals surface area (Å²) in [5.41, 5.74) is -3.98. The Hall–Kier alpha value is -2.12. The van der Waals surface area contributed by atoms with E-state index in [1.165, 1.54) is 0 Å². The molecule has 0 fully saturated rings. The maximum absolute atomic E-state index is 12.8. The van der Waals surface area contributed by atoms with Gasteiger partial charge in [-0.15, -0.1) is 0 Å². The van der Waals surface area contributed by atoms with E-state index < -0.39 is 79.7 Å². The van der Waals surface area contributed by atoms with Crippen LogP contribution in [0.1, 0.15) is 62.1 Å². The zero-order valence-corrected chi connectivity index (χ0v) is 31.2. The standard InChI is InChI=1S/C24H15N3O12.4Na/c28-19(25-16-4-12(21(30)31)2-13(5-16)22(32)33)10-1-11(9-18(8-10)27(38)39)20(29)26-17-6-14(23(34)35)3-15(7-17)24(36)37;;;;/h1-9H,(H,25,28)(H,26,29)(H,30,31)(H,32,33)(H,34,35)(H,36,37);;;;. The van der Waals surface area contributed by atoms with Crippen molar-refractivity contribution in [2.24, 2.45) is 0 Å². The van der Waals surface area contributed by atoms with Crippen molar-refractivity contribution in [2.75, 3.05) is 10.6 Å². The molecule has 202 valence electrons. The van der Waals surface area contributed by atoms with Gasteiger partial charge < -0.3 is 31.1 Å². The van der Waals surface area contributed by atoms with E-state index >= 15 is 0 Å². The van der Waals surface area contributed by atoms with Crippen LogP contribution in [0.5, 0.6) is 0 Å². The van der Waals surface area contributed by atoms with Gasteiger partial charge in [-0.05, 0) is 42.5 Å². The average molecular weight is 629 g/mol. The number of carbonyl (C=O) groups excluding carboxylic acids is 2. The van der Waals surface area contributed by atoms with Gasteiger partial charge in [0.1, 0.15) is 0 Å². The van der Waals surface area contributed by atoms with E-state index in [1.807, 2.05) is 0 Å². The normalized spacial score (nSPS) is 9.30. The van der Waals surface area contributed by atoms with Gasteiger partial charge in [-0.2, -0.15) is 0 Å². The SMILES string of the molecule is O=C(O)c1cc(NC(=O)c2cc(C(=O)Nc3cc(C(=O)O)cc(C(=O)O)c3)cc([N+](=O)[O-])c2)cc(C(=O)O)c1.[Na].[Na].[Na].[Na]. The fourth-order valence-corrected chi connectivity index (χ4v) is 3.28. The number of nitro benzene ring substituents is 1. The minimum absolute atomic E-state index is 0. The van der Waals surface area contributed by atoms with Crippen molar-refractivity contribution in [3.8, 4) is 0 Å². The Morgan fingerprint density at radius 3 is 0.977 bits per heavy atom. The third-order valence-electron chi connectivity index (χ3n) is 5.02. The second-order valence-electron chi connectivity index (χ2n) is 7.75. The molecule has 3 rings (SSSR count). The molecule has 0 aliphatic heterocycles. The van der Waals surface area contributed by atoms with Gasteiger partial charge in [0.2, 0.25) is 0 Å². The molecule has 0 saturated heterocycles. The summed E-state index contributed by atoms with van der Waals surface area (Å²) in [7, 11) is 0. The first-order chi connectivity index (χ1) is 18.2. The molecule has 2 amide bonds. The molecule has 0 unspecified atom stereocenters. The van der Waals surface area contributed by atoms with Crippen LogP contribution < -0.4 is 10.6 Å². The quantitative estimate of drug-likeness (QED) is 0.112. The summed E-state index contributed by atoms with van der Waals surface area (Å²) in [6.07, 6.45) is 0. The molecule has 19 heteroatoms. The molecule has 0 aromatic heterocycles. The molecule has 0 heterocycles. The molecule has 3 aromatic rings. The zero-order valence-electron chi connectivity index (χ0n) is 23.2. The second kappa shape index (κ2) is 18.6. The van der Waals surface area contributed by atoms with Crippen LogP contribution in [0.3, 0.4) is 0 Å². The van der Waals surface area contributed by atoms with Crippen molar-refractivity contribution in [2.45, 2.75) is 0 Å². The number of aromatic carboxylic acids is 4. The zero-order chi connectivity index (χ0) is 29.0. The van der Waals surface area contributed by atoms with E-state index in [0.717, 1.165) is 54.6 Å². The first kappa shape index (κ1) is 43.0. The van der Waals surface area contributed by atoms with E-state index in [-0.39, 0.29) is 130 Å². The number of nitro groups is 1. The number of benzene rings is 3. The second-order valence-corrected chi connectivity index (χ2v) is 7.75. The van der Waals surface area contributed by atoms with Crippen molar-refractivity contribution in [3.05, 3.63) is 98.1 Å². The number of anilines is 2. The Labute approximate surface area is 329 Å². The number of amides is 2. The van der Waals surface area contributed by atoms with Gasteiger partial charge in [0.15, 0.2) is 0 Å².